The van der Waals surface area contributed by atoms with E-state index in [1.165, 1.54) is 0 Å². The minimum absolute atomic E-state index is 0.614. The Morgan fingerprint density at radius 1 is 1.16 bits per heavy atom. The van der Waals surface area contributed by atoms with Gasteiger partial charge in [-0.3, -0.25) is 0 Å². The van der Waals surface area contributed by atoms with Crippen molar-refractivity contribution in [2.45, 2.75) is 13.8 Å². The van der Waals surface area contributed by atoms with Gasteiger partial charge < -0.3 is 4.42 Å². The molecule has 0 saturated heterocycles. The fraction of sp³-hybridized carbons (Fsp3) is 0.125. The van der Waals surface area contributed by atoms with Crippen LogP contribution in [0.25, 0.3) is 22.2 Å². The molecule has 0 spiro atoms. The van der Waals surface area contributed by atoms with Gasteiger partial charge in [-0.2, -0.15) is 5.26 Å². The monoisotopic (exact) mass is 248 g/mol. The standard InChI is InChI=1S/C16H12N2O/c1-10-12-5-3-4-6-15(12)18-16(14(10)9-17)13-7-8-19-11(13)2/h3-8H,1-2H3. The number of aryl methyl sites for hydroxylation is 2. The Bertz CT molecular complexity index is 809. The fourth-order valence-electron chi connectivity index (χ4n) is 2.34. The quantitative estimate of drug-likeness (QED) is 0.654. The Balaban J connectivity index is 2.43. The first-order chi connectivity index (χ1) is 9.22. The molecule has 1 aromatic carbocycles. The molecule has 92 valence electrons. The summed E-state index contributed by atoms with van der Waals surface area (Å²) in [6.45, 7) is 3.84. The predicted molar refractivity (Wildman–Crippen MR) is 73.6 cm³/mol. The van der Waals surface area contributed by atoms with E-state index in [4.69, 9.17) is 4.42 Å². The molecule has 0 unspecified atom stereocenters. The van der Waals surface area contributed by atoms with Crippen LogP contribution in [0.5, 0.6) is 0 Å². The second kappa shape index (κ2) is 4.25. The molecule has 3 heteroatoms. The van der Waals surface area contributed by atoms with E-state index in [0.717, 1.165) is 27.8 Å². The van der Waals surface area contributed by atoms with Gasteiger partial charge in [0.15, 0.2) is 0 Å². The van der Waals surface area contributed by atoms with Crippen LogP contribution in [-0.2, 0) is 0 Å². The number of rotatable bonds is 1. The molecule has 0 atom stereocenters. The van der Waals surface area contributed by atoms with Crippen LogP contribution in [0, 0.1) is 25.2 Å². The van der Waals surface area contributed by atoms with Gasteiger partial charge in [-0.1, -0.05) is 18.2 Å². The number of hydrogen-bond acceptors (Lipinski definition) is 3. The van der Waals surface area contributed by atoms with Crippen molar-refractivity contribution in [2.75, 3.05) is 0 Å². The van der Waals surface area contributed by atoms with Gasteiger partial charge in [-0.15, -0.1) is 0 Å². The molecular formula is C16H12N2O. The van der Waals surface area contributed by atoms with Gasteiger partial charge in [0.05, 0.1) is 23.0 Å². The van der Waals surface area contributed by atoms with E-state index in [2.05, 4.69) is 11.1 Å². The maximum absolute atomic E-state index is 9.43. The van der Waals surface area contributed by atoms with Gasteiger partial charge in [0.25, 0.3) is 0 Å². The third-order valence-electron chi connectivity index (χ3n) is 3.38. The number of hydrogen-bond donors (Lipinski definition) is 0. The zero-order valence-electron chi connectivity index (χ0n) is 10.8. The maximum Gasteiger partial charge on any atom is 0.110 e. The first kappa shape index (κ1) is 11.5. The van der Waals surface area contributed by atoms with Crippen LogP contribution in [0.15, 0.2) is 41.0 Å². The molecule has 0 aliphatic rings. The molecule has 19 heavy (non-hydrogen) atoms. The summed E-state index contributed by atoms with van der Waals surface area (Å²) in [5, 5.41) is 10.4. The average molecular weight is 248 g/mol. The van der Waals surface area contributed by atoms with Crippen molar-refractivity contribution in [3.05, 3.63) is 53.5 Å². The molecule has 0 saturated carbocycles. The number of furan rings is 1. The third-order valence-corrected chi connectivity index (χ3v) is 3.38. The normalized spacial score (nSPS) is 10.6. The van der Waals surface area contributed by atoms with Crippen LogP contribution in [0.3, 0.4) is 0 Å². The summed E-state index contributed by atoms with van der Waals surface area (Å²) in [6, 6.07) is 12.0. The van der Waals surface area contributed by atoms with E-state index in [1.807, 2.05) is 44.2 Å². The van der Waals surface area contributed by atoms with E-state index in [9.17, 15) is 5.26 Å². The zero-order valence-corrected chi connectivity index (χ0v) is 10.8. The van der Waals surface area contributed by atoms with Crippen molar-refractivity contribution in [1.82, 2.24) is 4.98 Å². The van der Waals surface area contributed by atoms with E-state index in [-0.39, 0.29) is 0 Å². The summed E-state index contributed by atoms with van der Waals surface area (Å²) in [7, 11) is 0. The second-order valence-corrected chi connectivity index (χ2v) is 4.48. The molecule has 2 aromatic heterocycles. The van der Waals surface area contributed by atoms with Crippen molar-refractivity contribution in [3.8, 4) is 17.3 Å². The van der Waals surface area contributed by atoms with E-state index < -0.39 is 0 Å². The summed E-state index contributed by atoms with van der Waals surface area (Å²) < 4.78 is 5.32. The van der Waals surface area contributed by atoms with Gasteiger partial charge in [-0.25, -0.2) is 4.98 Å². The highest BCUT2D eigenvalue weighted by Crippen LogP contribution is 2.31. The lowest BCUT2D eigenvalue weighted by molar-refractivity contribution is 0.535. The third kappa shape index (κ3) is 1.69. The first-order valence-electron chi connectivity index (χ1n) is 6.06. The Morgan fingerprint density at radius 2 is 1.95 bits per heavy atom. The van der Waals surface area contributed by atoms with Crippen molar-refractivity contribution >= 4 is 10.9 Å². The molecule has 2 heterocycles. The number of pyridine rings is 1. The summed E-state index contributed by atoms with van der Waals surface area (Å²) >= 11 is 0. The largest absolute Gasteiger partial charge is 0.469 e. The van der Waals surface area contributed by atoms with Gasteiger partial charge >= 0.3 is 0 Å². The SMILES string of the molecule is Cc1occc1-c1nc2ccccc2c(C)c1C#N. The molecule has 3 rings (SSSR count). The number of fused-ring (bicyclic) bond motifs is 1. The molecule has 3 nitrogen and oxygen atoms in total. The van der Waals surface area contributed by atoms with Crippen molar-refractivity contribution < 1.29 is 4.42 Å². The number of aromatic nitrogens is 1. The number of benzene rings is 1. The lowest BCUT2D eigenvalue weighted by atomic mass is 9.99. The topological polar surface area (TPSA) is 49.8 Å². The molecule has 0 fully saturated rings. The highest BCUT2D eigenvalue weighted by Gasteiger charge is 2.16. The molecule has 0 radical (unpaired) electrons. The Labute approximate surface area is 111 Å². The number of nitrogens with zero attached hydrogens (tertiary/aromatic N) is 2. The van der Waals surface area contributed by atoms with E-state index in [0.29, 0.717) is 11.3 Å². The van der Waals surface area contributed by atoms with Crippen LogP contribution in [0.1, 0.15) is 16.9 Å². The van der Waals surface area contributed by atoms with Crippen molar-refractivity contribution in [3.63, 3.8) is 0 Å². The molecule has 0 amide bonds. The van der Waals surface area contributed by atoms with Crippen LogP contribution < -0.4 is 0 Å². The summed E-state index contributed by atoms with van der Waals surface area (Å²) in [6.07, 6.45) is 1.62. The van der Waals surface area contributed by atoms with Crippen LogP contribution >= 0.6 is 0 Å². The first-order valence-corrected chi connectivity index (χ1v) is 6.06. The maximum atomic E-state index is 9.43. The van der Waals surface area contributed by atoms with E-state index in [1.54, 1.807) is 6.26 Å². The highest BCUT2D eigenvalue weighted by molar-refractivity contribution is 5.88. The summed E-state index contributed by atoms with van der Waals surface area (Å²) in [4.78, 5) is 4.63. The van der Waals surface area contributed by atoms with Gasteiger partial charge in [0.1, 0.15) is 11.8 Å². The molecule has 0 N–H and O–H groups in total. The minimum atomic E-state index is 0.614. The Morgan fingerprint density at radius 3 is 2.63 bits per heavy atom. The predicted octanol–water partition coefficient (Wildman–Crippen LogP) is 3.98. The van der Waals surface area contributed by atoms with Crippen molar-refractivity contribution in [2.24, 2.45) is 0 Å². The Hall–Kier alpha value is -2.60. The smallest absolute Gasteiger partial charge is 0.110 e. The average Bonchev–Trinajstić information content (AvgIpc) is 2.85. The lowest BCUT2D eigenvalue weighted by Gasteiger charge is -2.09. The highest BCUT2D eigenvalue weighted by atomic mass is 16.3. The molecule has 0 aliphatic carbocycles. The molecule has 3 aromatic rings. The van der Waals surface area contributed by atoms with E-state index >= 15 is 0 Å². The number of para-hydroxylation sites is 1. The molecule has 0 bridgehead atoms. The minimum Gasteiger partial charge on any atom is -0.469 e. The summed E-state index contributed by atoms with van der Waals surface area (Å²) in [5.74, 6) is 0.777. The Kier molecular flexibility index (Phi) is 2.57. The zero-order chi connectivity index (χ0) is 13.4. The van der Waals surface area contributed by atoms with Gasteiger partial charge in [0, 0.05) is 10.9 Å². The second-order valence-electron chi connectivity index (χ2n) is 4.48. The molecule has 0 aliphatic heterocycles. The molecular weight excluding hydrogens is 236 g/mol. The van der Waals surface area contributed by atoms with Crippen molar-refractivity contribution in [1.29, 1.82) is 5.26 Å². The number of nitriles is 1. The van der Waals surface area contributed by atoms with Crippen LogP contribution in [0.4, 0.5) is 0 Å². The van der Waals surface area contributed by atoms with Gasteiger partial charge in [0.2, 0.25) is 0 Å². The lowest BCUT2D eigenvalue weighted by Crippen LogP contribution is -1.95. The fourth-order valence-corrected chi connectivity index (χ4v) is 2.34. The van der Waals surface area contributed by atoms with Gasteiger partial charge in [-0.05, 0) is 31.5 Å². The summed E-state index contributed by atoms with van der Waals surface area (Å²) in [5.41, 5.74) is 4.05. The van der Waals surface area contributed by atoms with Crippen LogP contribution in [0.2, 0.25) is 0 Å². The van der Waals surface area contributed by atoms with Crippen LogP contribution in [-0.4, -0.2) is 4.98 Å².